The van der Waals surface area contributed by atoms with E-state index in [1.54, 1.807) is 12.1 Å². The van der Waals surface area contributed by atoms with Crippen LogP contribution in [0, 0.1) is 13.8 Å². The molecule has 1 aromatic heterocycles. The zero-order valence-corrected chi connectivity index (χ0v) is 12.1. The number of aromatic nitrogens is 1. The molecule has 0 saturated carbocycles. The minimum atomic E-state index is 0.557. The Labute approximate surface area is 118 Å². The standard InChI is InChI=1S/C15H17ClN2O/c1-10-4-6-14(11(2)8-10)19-15-7-5-12(16)13(18-15)9-17-3/h4-8,17H,9H2,1-3H3. The molecule has 0 spiro atoms. The Morgan fingerprint density at radius 2 is 2.00 bits per heavy atom. The minimum absolute atomic E-state index is 0.557. The molecule has 19 heavy (non-hydrogen) atoms. The van der Waals surface area contributed by atoms with Gasteiger partial charge in [0.15, 0.2) is 0 Å². The summed E-state index contributed by atoms with van der Waals surface area (Å²) in [6.45, 7) is 4.69. The molecule has 0 aliphatic carbocycles. The van der Waals surface area contributed by atoms with Crippen LogP contribution in [0.4, 0.5) is 0 Å². The summed E-state index contributed by atoms with van der Waals surface area (Å²) in [4.78, 5) is 4.40. The molecule has 0 aliphatic rings. The van der Waals surface area contributed by atoms with Gasteiger partial charge in [-0.05, 0) is 38.6 Å². The van der Waals surface area contributed by atoms with Gasteiger partial charge < -0.3 is 10.1 Å². The van der Waals surface area contributed by atoms with Crippen LogP contribution in [-0.2, 0) is 6.54 Å². The van der Waals surface area contributed by atoms with E-state index in [0.717, 1.165) is 17.0 Å². The van der Waals surface area contributed by atoms with Crippen molar-refractivity contribution in [2.24, 2.45) is 0 Å². The molecule has 4 heteroatoms. The van der Waals surface area contributed by atoms with Crippen LogP contribution in [0.25, 0.3) is 0 Å². The third-order valence-corrected chi connectivity index (χ3v) is 3.13. The zero-order chi connectivity index (χ0) is 13.8. The lowest BCUT2D eigenvalue weighted by atomic mass is 10.1. The molecule has 1 heterocycles. The van der Waals surface area contributed by atoms with Gasteiger partial charge in [-0.2, -0.15) is 0 Å². The molecule has 100 valence electrons. The van der Waals surface area contributed by atoms with Crippen LogP contribution >= 0.6 is 11.6 Å². The number of nitrogens with one attached hydrogen (secondary N) is 1. The SMILES string of the molecule is CNCc1nc(Oc2ccc(C)cc2C)ccc1Cl. The molecular formula is C15H17ClN2O. The van der Waals surface area contributed by atoms with Crippen molar-refractivity contribution in [2.45, 2.75) is 20.4 Å². The van der Waals surface area contributed by atoms with E-state index in [1.807, 2.05) is 26.1 Å². The van der Waals surface area contributed by atoms with Gasteiger partial charge in [0.1, 0.15) is 5.75 Å². The largest absolute Gasteiger partial charge is 0.439 e. The Morgan fingerprint density at radius 3 is 2.68 bits per heavy atom. The van der Waals surface area contributed by atoms with Gasteiger partial charge in [-0.1, -0.05) is 29.3 Å². The lowest BCUT2D eigenvalue weighted by Crippen LogP contribution is -2.08. The summed E-state index contributed by atoms with van der Waals surface area (Å²) in [6.07, 6.45) is 0. The molecular weight excluding hydrogens is 260 g/mol. The van der Waals surface area contributed by atoms with Crippen molar-refractivity contribution in [1.82, 2.24) is 10.3 Å². The van der Waals surface area contributed by atoms with E-state index < -0.39 is 0 Å². The van der Waals surface area contributed by atoms with Gasteiger partial charge in [0.05, 0.1) is 10.7 Å². The van der Waals surface area contributed by atoms with Crippen LogP contribution in [0.3, 0.4) is 0 Å². The van der Waals surface area contributed by atoms with Gasteiger partial charge in [0, 0.05) is 12.6 Å². The first-order valence-corrected chi connectivity index (χ1v) is 6.53. The third kappa shape index (κ3) is 3.46. The van der Waals surface area contributed by atoms with Crippen LogP contribution in [0.5, 0.6) is 11.6 Å². The smallest absolute Gasteiger partial charge is 0.219 e. The number of hydrogen-bond acceptors (Lipinski definition) is 3. The van der Waals surface area contributed by atoms with Crippen LogP contribution < -0.4 is 10.1 Å². The predicted octanol–water partition coefficient (Wildman–Crippen LogP) is 3.86. The van der Waals surface area contributed by atoms with Gasteiger partial charge in [-0.3, -0.25) is 0 Å². The first-order chi connectivity index (χ1) is 9.10. The molecule has 0 amide bonds. The monoisotopic (exact) mass is 276 g/mol. The Bertz CT molecular complexity index is 584. The van der Waals surface area contributed by atoms with Crippen LogP contribution in [0.1, 0.15) is 16.8 Å². The van der Waals surface area contributed by atoms with E-state index in [4.69, 9.17) is 16.3 Å². The predicted molar refractivity (Wildman–Crippen MR) is 78.0 cm³/mol. The second kappa shape index (κ2) is 6.04. The van der Waals surface area contributed by atoms with Crippen LogP contribution in [0.15, 0.2) is 30.3 Å². The Kier molecular flexibility index (Phi) is 4.40. The number of rotatable bonds is 4. The molecule has 0 bridgehead atoms. The van der Waals surface area contributed by atoms with Crippen molar-refractivity contribution in [3.05, 3.63) is 52.2 Å². The van der Waals surface area contributed by atoms with Crippen LogP contribution in [0.2, 0.25) is 5.02 Å². The third-order valence-electron chi connectivity index (χ3n) is 2.78. The fourth-order valence-corrected chi connectivity index (χ4v) is 2.01. The van der Waals surface area contributed by atoms with Crippen molar-refractivity contribution in [3.63, 3.8) is 0 Å². The maximum absolute atomic E-state index is 6.07. The number of ether oxygens (including phenoxy) is 1. The lowest BCUT2D eigenvalue weighted by molar-refractivity contribution is 0.456. The fourth-order valence-electron chi connectivity index (χ4n) is 1.84. The van der Waals surface area contributed by atoms with Crippen molar-refractivity contribution in [1.29, 1.82) is 0 Å². The second-order valence-electron chi connectivity index (χ2n) is 4.48. The van der Waals surface area contributed by atoms with Crippen molar-refractivity contribution >= 4 is 11.6 Å². The number of hydrogen-bond donors (Lipinski definition) is 1. The first kappa shape index (κ1) is 13.8. The summed E-state index contributed by atoms with van der Waals surface area (Å²) >= 11 is 6.07. The van der Waals surface area contributed by atoms with E-state index in [-0.39, 0.29) is 0 Å². The molecule has 2 rings (SSSR count). The molecule has 3 nitrogen and oxygen atoms in total. The summed E-state index contributed by atoms with van der Waals surface area (Å²) in [6, 6.07) is 9.64. The normalized spacial score (nSPS) is 10.5. The Hall–Kier alpha value is -1.58. The minimum Gasteiger partial charge on any atom is -0.439 e. The number of halogens is 1. The van der Waals surface area contributed by atoms with Gasteiger partial charge in [-0.25, -0.2) is 4.98 Å². The summed E-state index contributed by atoms with van der Waals surface area (Å²) in [7, 11) is 1.86. The highest BCUT2D eigenvalue weighted by molar-refractivity contribution is 6.31. The number of benzene rings is 1. The topological polar surface area (TPSA) is 34.2 Å². The van der Waals surface area contributed by atoms with E-state index in [9.17, 15) is 0 Å². The summed E-state index contributed by atoms with van der Waals surface area (Å²) in [5, 5.41) is 3.67. The first-order valence-electron chi connectivity index (χ1n) is 6.15. The number of nitrogens with zero attached hydrogens (tertiary/aromatic N) is 1. The summed E-state index contributed by atoms with van der Waals surface area (Å²) in [5.74, 6) is 1.37. The fraction of sp³-hybridized carbons (Fsp3) is 0.267. The highest BCUT2D eigenvalue weighted by atomic mass is 35.5. The van der Waals surface area contributed by atoms with Gasteiger partial charge in [0.2, 0.25) is 5.88 Å². The van der Waals surface area contributed by atoms with Crippen molar-refractivity contribution in [3.8, 4) is 11.6 Å². The van der Waals surface area contributed by atoms with E-state index >= 15 is 0 Å². The van der Waals surface area contributed by atoms with E-state index in [1.165, 1.54) is 5.56 Å². The van der Waals surface area contributed by atoms with Gasteiger partial charge in [0.25, 0.3) is 0 Å². The molecule has 1 N–H and O–H groups in total. The maximum atomic E-state index is 6.07. The van der Waals surface area contributed by atoms with Crippen molar-refractivity contribution in [2.75, 3.05) is 7.05 Å². The molecule has 2 aromatic rings. The molecule has 0 atom stereocenters. The maximum Gasteiger partial charge on any atom is 0.219 e. The summed E-state index contributed by atoms with van der Waals surface area (Å²) < 4.78 is 5.81. The lowest BCUT2D eigenvalue weighted by Gasteiger charge is -2.10. The highest BCUT2D eigenvalue weighted by Gasteiger charge is 2.06. The van der Waals surface area contributed by atoms with E-state index in [2.05, 4.69) is 23.3 Å². The highest BCUT2D eigenvalue weighted by Crippen LogP contribution is 2.26. The molecule has 0 saturated heterocycles. The number of pyridine rings is 1. The average molecular weight is 277 g/mol. The molecule has 0 unspecified atom stereocenters. The molecule has 0 fully saturated rings. The van der Waals surface area contributed by atoms with Gasteiger partial charge in [-0.15, -0.1) is 0 Å². The molecule has 1 aromatic carbocycles. The van der Waals surface area contributed by atoms with Crippen molar-refractivity contribution < 1.29 is 4.74 Å². The average Bonchev–Trinajstić information content (AvgIpc) is 2.37. The van der Waals surface area contributed by atoms with E-state index in [0.29, 0.717) is 17.4 Å². The zero-order valence-electron chi connectivity index (χ0n) is 11.3. The van der Waals surface area contributed by atoms with Gasteiger partial charge >= 0.3 is 0 Å². The quantitative estimate of drug-likeness (QED) is 0.921. The number of aryl methyl sites for hydroxylation is 2. The second-order valence-corrected chi connectivity index (χ2v) is 4.89. The Morgan fingerprint density at radius 1 is 1.21 bits per heavy atom. The Balaban J connectivity index is 2.25. The summed E-state index contributed by atoms with van der Waals surface area (Å²) in [5.41, 5.74) is 3.09. The van der Waals surface area contributed by atoms with Crippen LogP contribution in [-0.4, -0.2) is 12.0 Å². The molecule has 0 aliphatic heterocycles. The molecule has 0 radical (unpaired) electrons.